The summed E-state index contributed by atoms with van der Waals surface area (Å²) in [5.41, 5.74) is 1.12. The zero-order valence-electron chi connectivity index (χ0n) is 25.4. The number of carboxylic acids is 1. The van der Waals surface area contributed by atoms with Crippen molar-refractivity contribution in [2.24, 2.45) is 61.8 Å². The van der Waals surface area contributed by atoms with Gasteiger partial charge in [-0.05, 0) is 122 Å². The van der Waals surface area contributed by atoms with Crippen LogP contribution in [0.15, 0.2) is 17.3 Å². The molecule has 5 saturated carbocycles. The second-order valence-corrected chi connectivity index (χ2v) is 15.5. The molecule has 6 nitrogen and oxygen atoms in total. The van der Waals surface area contributed by atoms with Gasteiger partial charge in [-0.1, -0.05) is 51.9 Å². The number of carbonyl (C=O) groups is 2. The summed E-state index contributed by atoms with van der Waals surface area (Å²) in [5.74, 6) is 1.38. The van der Waals surface area contributed by atoms with Crippen LogP contribution in [-0.4, -0.2) is 36.3 Å². The fourth-order valence-electron chi connectivity index (χ4n) is 12.1. The third-order valence-electron chi connectivity index (χ3n) is 14.1. The molecule has 0 spiro atoms. The molecule has 0 aromatic rings. The summed E-state index contributed by atoms with van der Waals surface area (Å²) in [5, 5.41) is 17.5. The van der Waals surface area contributed by atoms with Crippen LogP contribution in [0.5, 0.6) is 0 Å². The molecule has 5 rings (SSSR count). The first kappa shape index (κ1) is 28.7. The molecule has 4 unspecified atom stereocenters. The van der Waals surface area contributed by atoms with Gasteiger partial charge in [0.1, 0.15) is 13.3 Å². The SMILES string of the molecule is C=C(C)[C@@H]1CC[C@]2(C(=O)O)CC[C@]3(C)C(CCC4[C@@]5(C)CC[C@H](NC(=O)/C=N/OC)C(C)(C)C5CC[C@]43C)C12. The standard InChI is InChI=1S/C33H52N2O4/c1-20(2)21-11-16-33(28(37)38)18-17-31(6)22(27(21)33)9-10-24-30(5)14-13-25(35-26(36)19-34-39-8)29(3,4)23(30)12-15-32(24,31)7/h19,21-25,27H,1,9-18H2,2-8H3,(H,35,36)(H,37,38)/b34-19+/t21-,22?,23?,24?,25-,27?,30-,31+,32+,33-/m0/s1. The average molecular weight is 541 g/mol. The molecule has 5 aliphatic carbocycles. The van der Waals surface area contributed by atoms with E-state index in [4.69, 9.17) is 4.84 Å². The lowest BCUT2D eigenvalue weighted by atomic mass is 9.32. The molecule has 0 aromatic carbocycles. The molecule has 2 N–H and O–H groups in total. The second-order valence-electron chi connectivity index (χ2n) is 15.5. The summed E-state index contributed by atoms with van der Waals surface area (Å²) in [4.78, 5) is 30.1. The number of aliphatic carboxylic acids is 1. The van der Waals surface area contributed by atoms with Crippen LogP contribution in [0.25, 0.3) is 0 Å². The normalized spacial score (nSPS) is 48.3. The van der Waals surface area contributed by atoms with Gasteiger partial charge in [0.2, 0.25) is 0 Å². The Kier molecular flexibility index (Phi) is 6.87. The van der Waals surface area contributed by atoms with Gasteiger partial charge in [0, 0.05) is 6.04 Å². The van der Waals surface area contributed by atoms with Crippen molar-refractivity contribution in [2.45, 2.75) is 112 Å². The highest BCUT2D eigenvalue weighted by atomic mass is 16.6. The summed E-state index contributed by atoms with van der Waals surface area (Å²) in [7, 11) is 1.45. The van der Waals surface area contributed by atoms with E-state index in [0.717, 1.165) is 51.4 Å². The Morgan fingerprint density at radius 3 is 2.28 bits per heavy atom. The number of carbonyl (C=O) groups excluding carboxylic acids is 1. The van der Waals surface area contributed by atoms with E-state index in [2.05, 4.69) is 58.6 Å². The van der Waals surface area contributed by atoms with Gasteiger partial charge in [-0.3, -0.25) is 9.59 Å². The number of fused-ring (bicyclic) bond motifs is 7. The van der Waals surface area contributed by atoms with Gasteiger partial charge in [-0.2, -0.15) is 0 Å². The van der Waals surface area contributed by atoms with Crippen LogP contribution < -0.4 is 5.32 Å². The van der Waals surface area contributed by atoms with E-state index in [1.165, 1.54) is 31.7 Å². The Morgan fingerprint density at radius 2 is 1.64 bits per heavy atom. The van der Waals surface area contributed by atoms with Crippen LogP contribution >= 0.6 is 0 Å². The Balaban J connectivity index is 1.46. The van der Waals surface area contributed by atoms with E-state index < -0.39 is 11.4 Å². The van der Waals surface area contributed by atoms with Crippen LogP contribution in [0.4, 0.5) is 0 Å². The highest BCUT2D eigenvalue weighted by Crippen LogP contribution is 2.77. The van der Waals surface area contributed by atoms with Gasteiger partial charge in [0.25, 0.3) is 5.91 Å². The van der Waals surface area contributed by atoms with Gasteiger partial charge in [-0.15, -0.1) is 0 Å². The van der Waals surface area contributed by atoms with Gasteiger partial charge in [0.05, 0.1) is 5.41 Å². The van der Waals surface area contributed by atoms with Crippen molar-refractivity contribution in [1.82, 2.24) is 5.32 Å². The zero-order chi connectivity index (χ0) is 28.6. The van der Waals surface area contributed by atoms with E-state index in [1.807, 2.05) is 0 Å². The summed E-state index contributed by atoms with van der Waals surface area (Å²) in [6.45, 7) is 18.9. The number of nitrogens with zero attached hydrogens (tertiary/aromatic N) is 1. The maximum absolute atomic E-state index is 12.9. The first-order valence-electron chi connectivity index (χ1n) is 15.4. The minimum Gasteiger partial charge on any atom is -0.481 e. The lowest BCUT2D eigenvalue weighted by Crippen LogP contribution is -2.68. The van der Waals surface area contributed by atoms with E-state index in [-0.39, 0.29) is 39.5 Å². The number of nitrogens with one attached hydrogen (secondary N) is 1. The quantitative estimate of drug-likeness (QED) is 0.227. The number of allylic oxidation sites excluding steroid dienone is 1. The molecule has 10 atom stereocenters. The molecule has 1 amide bonds. The van der Waals surface area contributed by atoms with E-state index in [0.29, 0.717) is 23.7 Å². The number of oxime groups is 1. The predicted molar refractivity (Wildman–Crippen MR) is 154 cm³/mol. The number of hydrogen-bond acceptors (Lipinski definition) is 4. The monoisotopic (exact) mass is 540 g/mol. The van der Waals surface area contributed by atoms with Crippen molar-refractivity contribution >= 4 is 18.1 Å². The molecule has 0 aromatic heterocycles. The third kappa shape index (κ3) is 3.81. The zero-order valence-corrected chi connectivity index (χ0v) is 25.4. The van der Waals surface area contributed by atoms with Crippen LogP contribution in [0.1, 0.15) is 106 Å². The highest BCUT2D eigenvalue weighted by molar-refractivity contribution is 6.26. The average Bonchev–Trinajstić information content (AvgIpc) is 3.26. The molecular formula is C33H52N2O4. The number of rotatable bonds is 5. The molecular weight excluding hydrogens is 488 g/mol. The van der Waals surface area contributed by atoms with Crippen molar-refractivity contribution in [3.8, 4) is 0 Å². The first-order chi connectivity index (χ1) is 18.2. The van der Waals surface area contributed by atoms with Crippen molar-refractivity contribution < 1.29 is 19.5 Å². The maximum atomic E-state index is 12.9. The number of carboxylic acid groups (broad SMARTS) is 1. The summed E-state index contributed by atoms with van der Waals surface area (Å²) < 4.78 is 0. The lowest BCUT2D eigenvalue weighted by Gasteiger charge is -2.73. The van der Waals surface area contributed by atoms with E-state index in [1.54, 1.807) is 0 Å². The van der Waals surface area contributed by atoms with Crippen LogP contribution in [0, 0.1) is 56.7 Å². The number of amides is 1. The van der Waals surface area contributed by atoms with Crippen LogP contribution in [-0.2, 0) is 14.4 Å². The lowest BCUT2D eigenvalue weighted by molar-refractivity contribution is -0.240. The fourth-order valence-corrected chi connectivity index (χ4v) is 12.1. The largest absolute Gasteiger partial charge is 0.481 e. The molecule has 6 heteroatoms. The minimum atomic E-state index is -0.567. The van der Waals surface area contributed by atoms with E-state index >= 15 is 0 Å². The summed E-state index contributed by atoms with van der Waals surface area (Å²) in [6.07, 6.45) is 11.6. The maximum Gasteiger partial charge on any atom is 0.309 e. The number of hydrogen-bond donors (Lipinski definition) is 2. The van der Waals surface area contributed by atoms with E-state index in [9.17, 15) is 14.7 Å². The predicted octanol–water partition coefficient (Wildman–Crippen LogP) is 6.85. The van der Waals surface area contributed by atoms with Crippen molar-refractivity contribution in [3.63, 3.8) is 0 Å². The minimum absolute atomic E-state index is 0.0236. The Bertz CT molecular complexity index is 1070. The van der Waals surface area contributed by atoms with Crippen LogP contribution in [0.2, 0.25) is 0 Å². The van der Waals surface area contributed by atoms with Crippen molar-refractivity contribution in [3.05, 3.63) is 12.2 Å². The third-order valence-corrected chi connectivity index (χ3v) is 14.1. The van der Waals surface area contributed by atoms with Gasteiger partial charge < -0.3 is 15.3 Å². The van der Waals surface area contributed by atoms with Gasteiger partial charge >= 0.3 is 5.97 Å². The van der Waals surface area contributed by atoms with Crippen molar-refractivity contribution in [1.29, 1.82) is 0 Å². The Morgan fingerprint density at radius 1 is 0.923 bits per heavy atom. The topological polar surface area (TPSA) is 88.0 Å². The van der Waals surface area contributed by atoms with Crippen molar-refractivity contribution in [2.75, 3.05) is 7.11 Å². The molecule has 218 valence electrons. The molecule has 39 heavy (non-hydrogen) atoms. The van der Waals surface area contributed by atoms with Crippen LogP contribution in [0.3, 0.4) is 0 Å². The molecule has 0 heterocycles. The molecule has 0 radical (unpaired) electrons. The molecule has 5 fully saturated rings. The smallest absolute Gasteiger partial charge is 0.309 e. The Labute approximate surface area is 235 Å². The second kappa shape index (κ2) is 9.34. The summed E-state index contributed by atoms with van der Waals surface area (Å²) >= 11 is 0. The Hall–Kier alpha value is -1.85. The highest BCUT2D eigenvalue weighted by Gasteiger charge is 2.72. The first-order valence-corrected chi connectivity index (χ1v) is 15.4. The summed E-state index contributed by atoms with van der Waals surface area (Å²) in [6, 6.07) is 0.114. The molecule has 0 bridgehead atoms. The molecule has 5 aliphatic rings. The molecule has 0 saturated heterocycles. The van der Waals surface area contributed by atoms with Gasteiger partial charge in [-0.25, -0.2) is 0 Å². The molecule has 0 aliphatic heterocycles. The van der Waals surface area contributed by atoms with Gasteiger partial charge in [0.15, 0.2) is 0 Å². The fraction of sp³-hybridized carbons (Fsp3) is 0.848.